The summed E-state index contributed by atoms with van der Waals surface area (Å²) in [5.74, 6) is -1.12. The van der Waals surface area contributed by atoms with Crippen molar-refractivity contribution in [2.75, 3.05) is 10.6 Å². The minimum atomic E-state index is -1.07. The van der Waals surface area contributed by atoms with E-state index in [9.17, 15) is 14.4 Å². The first-order valence-corrected chi connectivity index (χ1v) is 9.95. The van der Waals surface area contributed by atoms with Crippen molar-refractivity contribution in [1.82, 2.24) is 19.9 Å². The highest BCUT2D eigenvalue weighted by Crippen LogP contribution is 2.29. The first kappa shape index (κ1) is 21.4. The van der Waals surface area contributed by atoms with Crippen LogP contribution in [0.25, 0.3) is 11.2 Å². The van der Waals surface area contributed by atoms with E-state index >= 15 is 0 Å². The van der Waals surface area contributed by atoms with Gasteiger partial charge in [-0.05, 0) is 25.5 Å². The quantitative estimate of drug-likeness (QED) is 0.529. The Morgan fingerprint density at radius 1 is 1.17 bits per heavy atom. The molecule has 0 bridgehead atoms. The standard InChI is InChI=1S/C19H22N6O4S/c1-9-6-11(24-18(28)19(3,4)5)30-13(9)17(27)29-10(2)16(26)25-15-12-14(21-7-20-12)22-8-23-15/h6-8,10H,1-5H3,(H,24,28)(H2,20,21,22,23,25,26). The lowest BCUT2D eigenvalue weighted by Crippen LogP contribution is -2.30. The van der Waals surface area contributed by atoms with Gasteiger partial charge >= 0.3 is 5.97 Å². The number of rotatable bonds is 5. The number of anilines is 2. The SMILES string of the molecule is Cc1cc(NC(=O)C(C)(C)C)sc1C(=O)OC(C)C(=O)Nc1ncnc2nc[nH]c12. The number of carbonyl (C=O) groups is 3. The Morgan fingerprint density at radius 3 is 2.60 bits per heavy atom. The molecule has 0 aliphatic carbocycles. The van der Waals surface area contributed by atoms with Gasteiger partial charge in [0, 0.05) is 5.41 Å². The highest BCUT2D eigenvalue weighted by molar-refractivity contribution is 7.18. The van der Waals surface area contributed by atoms with E-state index in [2.05, 4.69) is 30.6 Å². The number of amides is 2. The molecule has 2 amide bonds. The number of aryl methyl sites for hydroxylation is 1. The molecule has 0 aliphatic heterocycles. The summed E-state index contributed by atoms with van der Waals surface area (Å²) in [7, 11) is 0. The summed E-state index contributed by atoms with van der Waals surface area (Å²) in [6.07, 6.45) is 1.64. The molecule has 3 heterocycles. The monoisotopic (exact) mass is 430 g/mol. The van der Waals surface area contributed by atoms with Crippen molar-refractivity contribution in [1.29, 1.82) is 0 Å². The number of thiophene rings is 1. The molecule has 11 heteroatoms. The van der Waals surface area contributed by atoms with E-state index in [4.69, 9.17) is 4.74 Å². The smallest absolute Gasteiger partial charge is 0.349 e. The number of carbonyl (C=O) groups excluding carboxylic acids is 3. The third-order valence-corrected chi connectivity index (χ3v) is 5.27. The first-order valence-electron chi connectivity index (χ1n) is 9.14. The molecule has 3 rings (SSSR count). The molecule has 10 nitrogen and oxygen atoms in total. The van der Waals surface area contributed by atoms with E-state index < -0.39 is 23.4 Å². The molecule has 0 aromatic carbocycles. The largest absolute Gasteiger partial charge is 0.448 e. The van der Waals surface area contributed by atoms with Crippen molar-refractivity contribution < 1.29 is 19.1 Å². The highest BCUT2D eigenvalue weighted by atomic mass is 32.1. The molecule has 0 radical (unpaired) electrons. The van der Waals surface area contributed by atoms with Gasteiger partial charge in [-0.25, -0.2) is 19.7 Å². The van der Waals surface area contributed by atoms with Crippen LogP contribution in [-0.2, 0) is 14.3 Å². The predicted molar refractivity (Wildman–Crippen MR) is 112 cm³/mol. The van der Waals surface area contributed by atoms with Crippen LogP contribution in [0.4, 0.5) is 10.8 Å². The van der Waals surface area contributed by atoms with E-state index in [1.165, 1.54) is 19.6 Å². The molecule has 3 aromatic heterocycles. The third-order valence-electron chi connectivity index (χ3n) is 4.14. The van der Waals surface area contributed by atoms with Gasteiger partial charge < -0.3 is 20.4 Å². The van der Waals surface area contributed by atoms with Crippen LogP contribution in [0.5, 0.6) is 0 Å². The van der Waals surface area contributed by atoms with E-state index in [1.54, 1.807) is 33.8 Å². The van der Waals surface area contributed by atoms with Crippen molar-refractivity contribution in [3.63, 3.8) is 0 Å². The Bertz CT molecular complexity index is 1110. The normalized spacial score (nSPS) is 12.4. The maximum atomic E-state index is 12.6. The van der Waals surface area contributed by atoms with Crippen molar-refractivity contribution in [2.45, 2.75) is 40.7 Å². The van der Waals surface area contributed by atoms with Crippen molar-refractivity contribution >= 4 is 51.1 Å². The fraction of sp³-hybridized carbons (Fsp3) is 0.368. The molecule has 0 spiro atoms. The molecule has 0 saturated carbocycles. The second-order valence-corrected chi connectivity index (χ2v) is 8.74. The lowest BCUT2D eigenvalue weighted by molar-refractivity contribution is -0.124. The number of nitrogens with zero attached hydrogens (tertiary/aromatic N) is 3. The Labute approximate surface area is 176 Å². The molecule has 0 aliphatic rings. The van der Waals surface area contributed by atoms with Crippen molar-refractivity contribution in [3.8, 4) is 0 Å². The van der Waals surface area contributed by atoms with Crippen LogP contribution < -0.4 is 10.6 Å². The van der Waals surface area contributed by atoms with Crippen LogP contribution in [0, 0.1) is 12.3 Å². The predicted octanol–water partition coefficient (Wildman–Crippen LogP) is 2.89. The maximum absolute atomic E-state index is 12.6. The van der Waals surface area contributed by atoms with Crippen LogP contribution >= 0.6 is 11.3 Å². The van der Waals surface area contributed by atoms with Crippen LogP contribution in [0.15, 0.2) is 18.7 Å². The van der Waals surface area contributed by atoms with E-state index in [1.807, 2.05) is 0 Å². The van der Waals surface area contributed by atoms with Gasteiger partial charge in [-0.3, -0.25) is 9.59 Å². The zero-order valence-electron chi connectivity index (χ0n) is 17.2. The zero-order chi connectivity index (χ0) is 22.1. The molecule has 30 heavy (non-hydrogen) atoms. The lowest BCUT2D eigenvalue weighted by Gasteiger charge is -2.16. The number of H-pyrrole nitrogens is 1. The van der Waals surface area contributed by atoms with Gasteiger partial charge in [0.2, 0.25) is 5.91 Å². The maximum Gasteiger partial charge on any atom is 0.349 e. The zero-order valence-corrected chi connectivity index (χ0v) is 18.0. The van der Waals surface area contributed by atoms with Gasteiger partial charge in [-0.2, -0.15) is 0 Å². The fourth-order valence-electron chi connectivity index (χ4n) is 2.39. The second kappa shape index (κ2) is 8.19. The van der Waals surface area contributed by atoms with E-state index in [0.29, 0.717) is 26.6 Å². The summed E-state index contributed by atoms with van der Waals surface area (Å²) in [5, 5.41) is 5.93. The molecular formula is C19H22N6O4S. The van der Waals surface area contributed by atoms with Gasteiger partial charge in [-0.15, -0.1) is 11.3 Å². The summed E-state index contributed by atoms with van der Waals surface area (Å²) in [5.41, 5.74) is 0.963. The second-order valence-electron chi connectivity index (χ2n) is 7.69. The van der Waals surface area contributed by atoms with Gasteiger partial charge in [0.1, 0.15) is 16.7 Å². The van der Waals surface area contributed by atoms with Gasteiger partial charge in [0.15, 0.2) is 17.6 Å². The molecule has 0 saturated heterocycles. The summed E-state index contributed by atoms with van der Waals surface area (Å²) in [6, 6.07) is 1.70. The van der Waals surface area contributed by atoms with Crippen LogP contribution in [0.2, 0.25) is 0 Å². The van der Waals surface area contributed by atoms with Gasteiger partial charge in [0.05, 0.1) is 11.3 Å². The Morgan fingerprint density at radius 2 is 1.90 bits per heavy atom. The summed E-state index contributed by atoms with van der Waals surface area (Å²) < 4.78 is 5.31. The number of hydrogen-bond donors (Lipinski definition) is 3. The fourth-order valence-corrected chi connectivity index (χ4v) is 3.34. The number of fused-ring (bicyclic) bond motifs is 1. The Kier molecular flexibility index (Phi) is 5.83. The molecule has 158 valence electrons. The molecule has 1 atom stereocenters. The minimum Gasteiger partial charge on any atom is -0.448 e. The highest BCUT2D eigenvalue weighted by Gasteiger charge is 2.25. The molecule has 3 aromatic rings. The average Bonchev–Trinajstić information content (AvgIpc) is 3.27. The number of aromatic nitrogens is 4. The van der Waals surface area contributed by atoms with Crippen molar-refractivity contribution in [2.24, 2.45) is 5.41 Å². The molecular weight excluding hydrogens is 408 g/mol. The number of nitrogens with one attached hydrogen (secondary N) is 3. The van der Waals surface area contributed by atoms with Crippen LogP contribution in [-0.4, -0.2) is 43.8 Å². The summed E-state index contributed by atoms with van der Waals surface area (Å²) >= 11 is 1.10. The number of ether oxygens (including phenoxy) is 1. The average molecular weight is 430 g/mol. The number of imidazole rings is 1. The number of esters is 1. The van der Waals surface area contributed by atoms with Crippen molar-refractivity contribution in [3.05, 3.63) is 29.2 Å². The number of hydrogen-bond acceptors (Lipinski definition) is 8. The lowest BCUT2D eigenvalue weighted by atomic mass is 9.96. The first-order chi connectivity index (χ1) is 14.1. The van der Waals surface area contributed by atoms with Gasteiger partial charge in [0.25, 0.3) is 5.91 Å². The Balaban J connectivity index is 1.66. The van der Waals surface area contributed by atoms with Gasteiger partial charge in [-0.1, -0.05) is 20.8 Å². The summed E-state index contributed by atoms with van der Waals surface area (Å²) in [6.45, 7) is 8.59. The Hall–Kier alpha value is -3.34. The molecule has 3 N–H and O–H groups in total. The van der Waals surface area contributed by atoms with E-state index in [0.717, 1.165) is 11.3 Å². The topological polar surface area (TPSA) is 139 Å². The van der Waals surface area contributed by atoms with Crippen LogP contribution in [0.1, 0.15) is 42.9 Å². The molecule has 0 fully saturated rings. The van der Waals surface area contributed by atoms with E-state index in [-0.39, 0.29) is 11.7 Å². The molecule has 1 unspecified atom stereocenters. The number of aromatic amines is 1. The third kappa shape index (κ3) is 4.62. The minimum absolute atomic E-state index is 0.161. The van der Waals surface area contributed by atoms with Crippen LogP contribution in [0.3, 0.4) is 0 Å². The summed E-state index contributed by atoms with van der Waals surface area (Å²) in [4.78, 5) is 52.3.